The molecule has 2 aromatic carbocycles. The highest BCUT2D eigenvalue weighted by Gasteiger charge is 2.34. The van der Waals surface area contributed by atoms with Crippen LogP contribution in [0.15, 0.2) is 36.4 Å². The van der Waals surface area contributed by atoms with Gasteiger partial charge >= 0.3 is 0 Å². The zero-order valence-electron chi connectivity index (χ0n) is 20.5. The lowest BCUT2D eigenvalue weighted by atomic mass is 9.88. The Balaban J connectivity index is 1.93. The van der Waals surface area contributed by atoms with Crippen LogP contribution in [0.3, 0.4) is 0 Å². The molecule has 5 heteroatoms. The van der Waals surface area contributed by atoms with Gasteiger partial charge in [-0.3, -0.25) is 4.79 Å². The van der Waals surface area contributed by atoms with Crippen LogP contribution in [0.5, 0.6) is 11.5 Å². The monoisotopic (exact) mass is 453 g/mol. The molecular formula is C28H39NO4. The van der Waals surface area contributed by atoms with Gasteiger partial charge in [0.15, 0.2) is 6.29 Å². The van der Waals surface area contributed by atoms with E-state index in [0.29, 0.717) is 11.3 Å². The maximum Gasteiger partial charge on any atom is 0.217 e. The van der Waals surface area contributed by atoms with Gasteiger partial charge in [-0.05, 0) is 43.9 Å². The Morgan fingerprint density at radius 3 is 2.39 bits per heavy atom. The number of hydrogen-bond acceptors (Lipinski definition) is 4. The van der Waals surface area contributed by atoms with Crippen molar-refractivity contribution in [3.05, 3.63) is 58.7 Å². The Kier molecular flexibility index (Phi) is 9.19. The van der Waals surface area contributed by atoms with Gasteiger partial charge in [0.2, 0.25) is 5.91 Å². The third kappa shape index (κ3) is 6.50. The molecule has 0 saturated heterocycles. The lowest BCUT2D eigenvalue weighted by Gasteiger charge is -2.34. The average molecular weight is 454 g/mol. The van der Waals surface area contributed by atoms with Crippen LogP contribution in [0.2, 0.25) is 0 Å². The summed E-state index contributed by atoms with van der Waals surface area (Å²) < 4.78 is 12.2. The van der Waals surface area contributed by atoms with Crippen LogP contribution < -0.4 is 10.1 Å². The van der Waals surface area contributed by atoms with E-state index in [0.717, 1.165) is 29.5 Å². The van der Waals surface area contributed by atoms with Gasteiger partial charge in [-0.1, -0.05) is 75.8 Å². The number of hydrogen-bond donors (Lipinski definition) is 2. The molecular weight excluding hydrogens is 414 g/mol. The molecule has 1 amide bonds. The largest absolute Gasteiger partial charge is 0.507 e. The summed E-state index contributed by atoms with van der Waals surface area (Å²) in [6.07, 6.45) is 8.91. The topological polar surface area (TPSA) is 67.8 Å². The average Bonchev–Trinajstić information content (AvgIpc) is 2.77. The number of benzene rings is 2. The number of amides is 1. The summed E-state index contributed by atoms with van der Waals surface area (Å²) in [5, 5.41) is 14.2. The third-order valence-electron chi connectivity index (χ3n) is 6.33. The maximum atomic E-state index is 12.1. The van der Waals surface area contributed by atoms with Gasteiger partial charge in [-0.2, -0.15) is 0 Å². The molecule has 1 aliphatic heterocycles. The molecule has 33 heavy (non-hydrogen) atoms. The zero-order chi connectivity index (χ0) is 23.8. The van der Waals surface area contributed by atoms with E-state index in [9.17, 15) is 9.90 Å². The van der Waals surface area contributed by atoms with E-state index < -0.39 is 12.3 Å². The molecule has 3 atom stereocenters. The number of aromatic hydroxyl groups is 1. The van der Waals surface area contributed by atoms with Crippen LogP contribution in [-0.4, -0.2) is 17.3 Å². The number of phenolic OH excluding ortho intramolecular Hbond substituents is 1. The summed E-state index contributed by atoms with van der Waals surface area (Å²) in [5.41, 5.74) is 3.53. The highest BCUT2D eigenvalue weighted by molar-refractivity contribution is 5.75. The molecule has 2 aromatic rings. The standard InChI is InChI=1S/C28H39NO4/c1-5-6-7-8-9-10-12-17-23-18-24(31)26(28-25(23)19(2)32-21(4)33-28)27(29-20(3)30)22-15-13-11-14-16-22/h11,13-16,18-19,21,27,31H,5-10,12,17H2,1-4H3,(H,29,30). The zero-order valence-corrected chi connectivity index (χ0v) is 20.5. The minimum atomic E-state index is -0.512. The molecule has 3 rings (SSSR count). The quantitative estimate of drug-likeness (QED) is 0.370. The second kappa shape index (κ2) is 12.1. The molecule has 0 fully saturated rings. The smallest absolute Gasteiger partial charge is 0.217 e. The summed E-state index contributed by atoms with van der Waals surface area (Å²) in [4.78, 5) is 12.1. The molecule has 0 radical (unpaired) electrons. The predicted molar refractivity (Wildman–Crippen MR) is 131 cm³/mol. The lowest BCUT2D eigenvalue weighted by molar-refractivity contribution is -0.124. The van der Waals surface area contributed by atoms with Crippen molar-refractivity contribution in [3.63, 3.8) is 0 Å². The van der Waals surface area contributed by atoms with Crippen molar-refractivity contribution in [2.75, 3.05) is 0 Å². The Labute approximate surface area is 198 Å². The lowest BCUT2D eigenvalue weighted by Crippen LogP contribution is -2.31. The number of nitrogens with one attached hydrogen (secondary N) is 1. The Morgan fingerprint density at radius 1 is 1.06 bits per heavy atom. The van der Waals surface area contributed by atoms with E-state index in [-0.39, 0.29) is 17.8 Å². The number of unbranched alkanes of at least 4 members (excludes halogenated alkanes) is 6. The maximum absolute atomic E-state index is 12.1. The summed E-state index contributed by atoms with van der Waals surface area (Å²) >= 11 is 0. The van der Waals surface area contributed by atoms with E-state index in [1.54, 1.807) is 0 Å². The minimum Gasteiger partial charge on any atom is -0.507 e. The van der Waals surface area contributed by atoms with Crippen molar-refractivity contribution >= 4 is 5.91 Å². The van der Waals surface area contributed by atoms with Gasteiger partial charge in [0.25, 0.3) is 0 Å². The molecule has 0 aromatic heterocycles. The first-order chi connectivity index (χ1) is 15.9. The fraction of sp³-hybridized carbons (Fsp3) is 0.536. The molecule has 180 valence electrons. The second-order valence-corrected chi connectivity index (χ2v) is 9.09. The molecule has 5 nitrogen and oxygen atoms in total. The number of aryl methyl sites for hydroxylation is 1. The van der Waals surface area contributed by atoms with Crippen LogP contribution >= 0.6 is 0 Å². The Bertz CT molecular complexity index is 912. The predicted octanol–water partition coefficient (Wildman–Crippen LogP) is 6.73. The van der Waals surface area contributed by atoms with Crippen molar-refractivity contribution in [3.8, 4) is 11.5 Å². The SMILES string of the molecule is CCCCCCCCCc1cc(O)c(C(NC(C)=O)c2ccccc2)c2c1C(C)OC(C)O2. The van der Waals surface area contributed by atoms with Crippen LogP contribution in [0.1, 0.15) is 107 Å². The van der Waals surface area contributed by atoms with Crippen molar-refractivity contribution in [1.29, 1.82) is 0 Å². The van der Waals surface area contributed by atoms with E-state index in [1.807, 2.05) is 50.2 Å². The van der Waals surface area contributed by atoms with E-state index >= 15 is 0 Å². The summed E-state index contributed by atoms with van der Waals surface area (Å²) in [6.45, 7) is 7.62. The highest BCUT2D eigenvalue weighted by atomic mass is 16.7. The molecule has 2 N–H and O–H groups in total. The number of carbonyl (C=O) groups excluding carboxylic acids is 1. The fourth-order valence-corrected chi connectivity index (χ4v) is 4.78. The first kappa shape index (κ1) is 25.1. The second-order valence-electron chi connectivity index (χ2n) is 9.09. The van der Waals surface area contributed by atoms with E-state index in [2.05, 4.69) is 12.2 Å². The summed E-state index contributed by atoms with van der Waals surface area (Å²) in [6, 6.07) is 11.0. The fourth-order valence-electron chi connectivity index (χ4n) is 4.78. The Morgan fingerprint density at radius 2 is 1.73 bits per heavy atom. The van der Waals surface area contributed by atoms with Gasteiger partial charge in [0.1, 0.15) is 11.5 Å². The number of rotatable bonds is 11. The number of carbonyl (C=O) groups is 1. The van der Waals surface area contributed by atoms with Gasteiger partial charge < -0.3 is 19.9 Å². The first-order valence-corrected chi connectivity index (χ1v) is 12.4. The molecule has 1 heterocycles. The molecule has 0 saturated carbocycles. The first-order valence-electron chi connectivity index (χ1n) is 12.4. The summed E-state index contributed by atoms with van der Waals surface area (Å²) in [5.74, 6) is 0.620. The van der Waals surface area contributed by atoms with Gasteiger partial charge in [0, 0.05) is 12.5 Å². The molecule has 0 spiro atoms. The van der Waals surface area contributed by atoms with Crippen LogP contribution in [0.25, 0.3) is 0 Å². The van der Waals surface area contributed by atoms with Crippen LogP contribution in [0, 0.1) is 0 Å². The van der Waals surface area contributed by atoms with E-state index in [1.165, 1.54) is 45.4 Å². The third-order valence-corrected chi connectivity index (χ3v) is 6.33. The van der Waals surface area contributed by atoms with Crippen LogP contribution in [-0.2, 0) is 16.0 Å². The molecule has 0 bridgehead atoms. The van der Waals surface area contributed by atoms with Gasteiger partial charge in [-0.15, -0.1) is 0 Å². The molecule has 3 unspecified atom stereocenters. The number of fused-ring (bicyclic) bond motifs is 1. The van der Waals surface area contributed by atoms with Gasteiger partial charge in [-0.25, -0.2) is 0 Å². The number of ether oxygens (including phenoxy) is 2. The Hall–Kier alpha value is -2.53. The summed E-state index contributed by atoms with van der Waals surface area (Å²) in [7, 11) is 0. The number of phenols is 1. The van der Waals surface area contributed by atoms with Crippen molar-refractivity contribution < 1.29 is 19.4 Å². The highest BCUT2D eigenvalue weighted by Crippen LogP contribution is 2.47. The van der Waals surface area contributed by atoms with Crippen LogP contribution in [0.4, 0.5) is 0 Å². The minimum absolute atomic E-state index is 0.149. The van der Waals surface area contributed by atoms with Crippen molar-refractivity contribution in [2.24, 2.45) is 0 Å². The van der Waals surface area contributed by atoms with E-state index in [4.69, 9.17) is 9.47 Å². The molecule has 0 aliphatic carbocycles. The van der Waals surface area contributed by atoms with Crippen molar-refractivity contribution in [1.82, 2.24) is 5.32 Å². The normalized spacial score (nSPS) is 18.3. The van der Waals surface area contributed by atoms with Gasteiger partial charge in [0.05, 0.1) is 17.7 Å². The molecule has 1 aliphatic rings. The van der Waals surface area contributed by atoms with Crippen molar-refractivity contribution in [2.45, 2.75) is 97.5 Å².